The van der Waals surface area contributed by atoms with Gasteiger partial charge in [-0.05, 0) is 47.2 Å². The maximum absolute atomic E-state index is 6.14. The second-order valence-electron chi connectivity index (χ2n) is 5.56. The van der Waals surface area contributed by atoms with E-state index in [2.05, 4.69) is 25.9 Å². The molecule has 0 atom stereocenters. The smallest absolute Gasteiger partial charge is 0.249 e. The molecular formula is C20H14BrN3O2. The van der Waals surface area contributed by atoms with Crippen molar-refractivity contribution in [1.82, 2.24) is 9.97 Å². The fraction of sp³-hybridized carbons (Fsp3) is 0. The highest BCUT2D eigenvalue weighted by Gasteiger charge is 2.13. The van der Waals surface area contributed by atoms with Crippen LogP contribution in [0.1, 0.15) is 0 Å². The summed E-state index contributed by atoms with van der Waals surface area (Å²) in [5.74, 6) is 1.76. The molecule has 0 aliphatic heterocycles. The van der Waals surface area contributed by atoms with Crippen molar-refractivity contribution in [1.29, 1.82) is 0 Å². The Morgan fingerprint density at radius 3 is 2.08 bits per heavy atom. The Morgan fingerprint density at radius 2 is 1.35 bits per heavy atom. The van der Waals surface area contributed by atoms with Gasteiger partial charge in [0.25, 0.3) is 0 Å². The van der Waals surface area contributed by atoms with Crippen LogP contribution >= 0.6 is 15.9 Å². The van der Waals surface area contributed by atoms with Crippen LogP contribution in [0, 0.1) is 0 Å². The number of fused-ring (bicyclic) bond motifs is 1. The first-order valence-corrected chi connectivity index (χ1v) is 8.69. The zero-order chi connectivity index (χ0) is 17.9. The number of hydrogen-bond acceptors (Lipinski definition) is 5. The average molecular weight is 408 g/mol. The summed E-state index contributed by atoms with van der Waals surface area (Å²) in [6.45, 7) is 0. The number of anilines is 1. The second-order valence-corrected chi connectivity index (χ2v) is 6.48. The van der Waals surface area contributed by atoms with Gasteiger partial charge in [-0.15, -0.1) is 0 Å². The molecule has 4 rings (SSSR count). The first-order valence-electron chi connectivity index (χ1n) is 7.89. The third-order valence-electron chi connectivity index (χ3n) is 3.77. The first-order chi connectivity index (χ1) is 12.7. The van der Waals surface area contributed by atoms with Crippen molar-refractivity contribution in [3.05, 3.63) is 77.5 Å². The van der Waals surface area contributed by atoms with Crippen molar-refractivity contribution in [2.45, 2.75) is 0 Å². The second kappa shape index (κ2) is 7.01. The fourth-order valence-corrected chi connectivity index (χ4v) is 2.75. The van der Waals surface area contributed by atoms with E-state index in [4.69, 9.17) is 15.2 Å². The minimum atomic E-state index is 0.239. The molecule has 0 saturated carbocycles. The molecule has 0 bridgehead atoms. The fourth-order valence-electron chi connectivity index (χ4n) is 2.48. The number of benzene rings is 3. The molecule has 6 heteroatoms. The Kier molecular flexibility index (Phi) is 4.41. The van der Waals surface area contributed by atoms with Crippen LogP contribution in [0.25, 0.3) is 10.8 Å². The van der Waals surface area contributed by atoms with Crippen LogP contribution in [-0.4, -0.2) is 9.97 Å². The lowest BCUT2D eigenvalue weighted by molar-refractivity contribution is 0.438. The number of aromatic nitrogens is 2. The Hall–Kier alpha value is -3.12. The molecule has 2 N–H and O–H groups in total. The largest absolute Gasteiger partial charge is 0.437 e. The van der Waals surface area contributed by atoms with Gasteiger partial charge in [0.15, 0.2) is 5.69 Å². The minimum absolute atomic E-state index is 0.239. The zero-order valence-corrected chi connectivity index (χ0v) is 15.2. The van der Waals surface area contributed by atoms with Gasteiger partial charge in [-0.1, -0.05) is 46.3 Å². The van der Waals surface area contributed by atoms with Crippen LogP contribution in [-0.2, 0) is 0 Å². The molecule has 1 aromatic heterocycles. The molecule has 3 aromatic carbocycles. The third kappa shape index (κ3) is 3.45. The monoisotopic (exact) mass is 407 g/mol. The topological polar surface area (TPSA) is 70.3 Å². The Bertz CT molecular complexity index is 1070. The van der Waals surface area contributed by atoms with Crippen LogP contribution in [0.4, 0.5) is 5.69 Å². The number of hydrogen-bond donors (Lipinski definition) is 1. The van der Waals surface area contributed by atoms with Gasteiger partial charge in [0.2, 0.25) is 11.8 Å². The normalized spacial score (nSPS) is 10.7. The van der Waals surface area contributed by atoms with Gasteiger partial charge >= 0.3 is 0 Å². The lowest BCUT2D eigenvalue weighted by Gasteiger charge is -2.11. The van der Waals surface area contributed by atoms with Crippen molar-refractivity contribution >= 4 is 32.4 Å². The first kappa shape index (κ1) is 16.4. The summed E-state index contributed by atoms with van der Waals surface area (Å²) in [4.78, 5) is 8.22. The van der Waals surface area contributed by atoms with Gasteiger partial charge in [-0.25, -0.2) is 0 Å². The molecule has 1 heterocycles. The Labute approximate surface area is 158 Å². The number of ether oxygens (including phenoxy) is 2. The highest BCUT2D eigenvalue weighted by Crippen LogP contribution is 2.34. The predicted molar refractivity (Wildman–Crippen MR) is 105 cm³/mol. The summed E-state index contributed by atoms with van der Waals surface area (Å²) >= 11 is 3.39. The van der Waals surface area contributed by atoms with Crippen LogP contribution < -0.4 is 15.2 Å². The van der Waals surface area contributed by atoms with Gasteiger partial charge in [-0.3, -0.25) is 0 Å². The van der Waals surface area contributed by atoms with Crippen molar-refractivity contribution in [3.63, 3.8) is 0 Å². The van der Waals surface area contributed by atoms with Crippen molar-refractivity contribution < 1.29 is 9.47 Å². The minimum Gasteiger partial charge on any atom is -0.437 e. The van der Waals surface area contributed by atoms with E-state index < -0.39 is 0 Å². The van der Waals surface area contributed by atoms with Crippen LogP contribution in [0.2, 0.25) is 0 Å². The van der Waals surface area contributed by atoms with Crippen molar-refractivity contribution in [2.24, 2.45) is 0 Å². The van der Waals surface area contributed by atoms with Gasteiger partial charge in [0.05, 0.1) is 0 Å². The number of halogens is 1. The molecule has 0 aliphatic rings. The quantitative estimate of drug-likeness (QED) is 0.479. The predicted octanol–water partition coefficient (Wildman–Crippen LogP) is 5.56. The summed E-state index contributed by atoms with van der Waals surface area (Å²) in [7, 11) is 0. The molecular weight excluding hydrogens is 394 g/mol. The van der Waals surface area contributed by atoms with Gasteiger partial charge < -0.3 is 15.2 Å². The Morgan fingerprint density at radius 1 is 0.731 bits per heavy atom. The SMILES string of the molecule is Nc1c(Oc2ccc(Br)cc2)ncnc1Oc1ccc2ccccc2c1. The van der Waals surface area contributed by atoms with E-state index in [0.29, 0.717) is 11.5 Å². The highest BCUT2D eigenvalue weighted by atomic mass is 79.9. The summed E-state index contributed by atoms with van der Waals surface area (Å²) in [6, 6.07) is 21.2. The van der Waals surface area contributed by atoms with Crippen LogP contribution in [0.15, 0.2) is 77.5 Å². The molecule has 0 aliphatic carbocycles. The van der Waals surface area contributed by atoms with E-state index in [-0.39, 0.29) is 17.4 Å². The van der Waals surface area contributed by atoms with Crippen molar-refractivity contribution in [3.8, 4) is 23.3 Å². The maximum Gasteiger partial charge on any atom is 0.249 e. The number of rotatable bonds is 4. The number of nitrogen functional groups attached to an aromatic ring is 1. The van der Waals surface area contributed by atoms with Gasteiger partial charge in [0, 0.05) is 4.47 Å². The molecule has 5 nitrogen and oxygen atoms in total. The Balaban J connectivity index is 1.61. The lowest BCUT2D eigenvalue weighted by Crippen LogP contribution is -2.00. The van der Waals surface area contributed by atoms with Crippen LogP contribution in [0.3, 0.4) is 0 Å². The summed E-state index contributed by atoms with van der Waals surface area (Å²) in [6.07, 6.45) is 1.36. The summed E-state index contributed by atoms with van der Waals surface area (Å²) in [5.41, 5.74) is 6.38. The molecule has 0 amide bonds. The lowest BCUT2D eigenvalue weighted by atomic mass is 10.1. The average Bonchev–Trinajstić information content (AvgIpc) is 2.67. The van der Waals surface area contributed by atoms with E-state index in [1.165, 1.54) is 6.33 Å². The molecule has 4 aromatic rings. The molecule has 26 heavy (non-hydrogen) atoms. The molecule has 0 unspecified atom stereocenters. The molecule has 0 radical (unpaired) electrons. The van der Waals surface area contributed by atoms with Gasteiger partial charge in [0.1, 0.15) is 17.8 Å². The van der Waals surface area contributed by atoms with E-state index in [9.17, 15) is 0 Å². The summed E-state index contributed by atoms with van der Waals surface area (Å²) < 4.78 is 12.5. The van der Waals surface area contributed by atoms with E-state index in [0.717, 1.165) is 15.2 Å². The zero-order valence-electron chi connectivity index (χ0n) is 13.6. The molecule has 0 saturated heterocycles. The standard InChI is InChI=1S/C20H14BrN3O2/c21-15-6-9-16(10-7-15)25-19-18(22)20(24-12-23-19)26-17-8-5-13-3-1-2-4-14(13)11-17/h1-12H,22H2. The highest BCUT2D eigenvalue weighted by molar-refractivity contribution is 9.10. The van der Waals surface area contributed by atoms with E-state index in [1.807, 2.05) is 66.7 Å². The summed E-state index contributed by atoms with van der Waals surface area (Å²) in [5, 5.41) is 2.21. The maximum atomic E-state index is 6.14. The number of nitrogens with two attached hydrogens (primary N) is 1. The van der Waals surface area contributed by atoms with E-state index >= 15 is 0 Å². The van der Waals surface area contributed by atoms with Gasteiger partial charge in [-0.2, -0.15) is 9.97 Å². The third-order valence-corrected chi connectivity index (χ3v) is 4.30. The van der Waals surface area contributed by atoms with E-state index in [1.54, 1.807) is 0 Å². The molecule has 128 valence electrons. The molecule has 0 spiro atoms. The molecule has 0 fully saturated rings. The number of nitrogens with zero attached hydrogens (tertiary/aromatic N) is 2. The van der Waals surface area contributed by atoms with Crippen LogP contribution in [0.5, 0.6) is 23.3 Å². The van der Waals surface area contributed by atoms with Crippen molar-refractivity contribution in [2.75, 3.05) is 5.73 Å².